The zero-order valence-corrected chi connectivity index (χ0v) is 18.7. The third-order valence-electron chi connectivity index (χ3n) is 5.86. The van der Waals surface area contributed by atoms with E-state index in [4.69, 9.17) is 9.84 Å². The Labute approximate surface area is 197 Å². The van der Waals surface area contributed by atoms with Crippen LogP contribution in [0.25, 0.3) is 11.1 Å². The minimum absolute atomic E-state index is 0.0119. The molecule has 0 unspecified atom stereocenters. The molecule has 8 heteroatoms. The lowest BCUT2D eigenvalue weighted by molar-refractivity contribution is -0.116. The second-order valence-electron chi connectivity index (χ2n) is 8.09. The van der Waals surface area contributed by atoms with Crippen molar-refractivity contribution in [1.82, 2.24) is 10.3 Å². The van der Waals surface area contributed by atoms with Crippen molar-refractivity contribution >= 4 is 23.7 Å². The largest absolute Gasteiger partial charge is 0.478 e. The van der Waals surface area contributed by atoms with Crippen molar-refractivity contribution in [3.8, 4) is 11.1 Å². The van der Waals surface area contributed by atoms with Crippen molar-refractivity contribution in [2.24, 2.45) is 0 Å². The van der Waals surface area contributed by atoms with Crippen LogP contribution in [0.1, 0.15) is 47.2 Å². The number of carboxylic acids is 1. The first-order valence-electron chi connectivity index (χ1n) is 11.1. The van der Waals surface area contributed by atoms with Crippen LogP contribution in [0.3, 0.4) is 0 Å². The highest BCUT2D eigenvalue weighted by Crippen LogP contribution is 2.44. The van der Waals surface area contributed by atoms with Gasteiger partial charge in [0.2, 0.25) is 5.91 Å². The van der Waals surface area contributed by atoms with Crippen molar-refractivity contribution in [2.75, 3.05) is 11.9 Å². The Morgan fingerprint density at radius 1 is 1.03 bits per heavy atom. The lowest BCUT2D eigenvalue weighted by Gasteiger charge is -2.19. The van der Waals surface area contributed by atoms with E-state index in [0.717, 1.165) is 22.3 Å². The van der Waals surface area contributed by atoms with Gasteiger partial charge in [0.05, 0.1) is 17.4 Å². The number of pyridine rings is 1. The first-order valence-corrected chi connectivity index (χ1v) is 11.1. The van der Waals surface area contributed by atoms with E-state index in [-0.39, 0.29) is 36.1 Å². The number of hydrogen-bond acceptors (Lipinski definition) is 5. The van der Waals surface area contributed by atoms with Crippen molar-refractivity contribution in [3.05, 3.63) is 83.7 Å². The number of nitrogens with one attached hydrogen (secondary N) is 2. The van der Waals surface area contributed by atoms with Gasteiger partial charge >= 0.3 is 12.1 Å². The van der Waals surface area contributed by atoms with Gasteiger partial charge in [0, 0.05) is 24.6 Å². The minimum atomic E-state index is -1.13. The smallest absolute Gasteiger partial charge is 0.407 e. The van der Waals surface area contributed by atoms with Crippen LogP contribution in [-0.2, 0) is 9.53 Å². The monoisotopic (exact) mass is 459 g/mol. The number of carboxylic acid groups (broad SMARTS) is 1. The third-order valence-corrected chi connectivity index (χ3v) is 5.86. The van der Waals surface area contributed by atoms with Gasteiger partial charge in [-0.1, -0.05) is 55.5 Å². The van der Waals surface area contributed by atoms with Crippen LogP contribution in [0.2, 0.25) is 0 Å². The molecule has 3 N–H and O–H groups in total. The molecule has 0 saturated carbocycles. The average molecular weight is 460 g/mol. The maximum atomic E-state index is 12.5. The van der Waals surface area contributed by atoms with Crippen LogP contribution in [0.15, 0.2) is 67.0 Å². The van der Waals surface area contributed by atoms with Gasteiger partial charge < -0.3 is 20.5 Å². The maximum absolute atomic E-state index is 12.5. The molecule has 0 saturated heterocycles. The zero-order chi connectivity index (χ0) is 24.1. The van der Waals surface area contributed by atoms with Crippen molar-refractivity contribution in [3.63, 3.8) is 0 Å². The molecular formula is C26H25N3O5. The molecule has 174 valence electrons. The zero-order valence-electron chi connectivity index (χ0n) is 18.7. The number of ether oxygens (including phenoxy) is 1. The van der Waals surface area contributed by atoms with Crippen LogP contribution in [-0.4, -0.2) is 40.7 Å². The molecule has 34 heavy (non-hydrogen) atoms. The van der Waals surface area contributed by atoms with Gasteiger partial charge in [-0.2, -0.15) is 0 Å². The van der Waals surface area contributed by atoms with Gasteiger partial charge in [-0.15, -0.1) is 0 Å². The van der Waals surface area contributed by atoms with Gasteiger partial charge in [-0.25, -0.2) is 9.59 Å². The number of alkyl carbamates (subject to hydrolysis) is 1. The number of benzene rings is 2. The van der Waals surface area contributed by atoms with E-state index in [2.05, 4.69) is 39.9 Å². The number of fused-ring (bicyclic) bond motifs is 3. The van der Waals surface area contributed by atoms with Crippen LogP contribution in [0.4, 0.5) is 10.5 Å². The second kappa shape index (κ2) is 10.2. The molecule has 2 amide bonds. The quantitative estimate of drug-likeness (QED) is 0.459. The minimum Gasteiger partial charge on any atom is -0.478 e. The predicted octanol–water partition coefficient (Wildman–Crippen LogP) is 4.43. The highest BCUT2D eigenvalue weighted by molar-refractivity contribution is 5.93. The first kappa shape index (κ1) is 23.0. The molecule has 1 aromatic heterocycles. The number of carbonyl (C=O) groups excluding carboxylic acids is 2. The third kappa shape index (κ3) is 5.06. The predicted molar refractivity (Wildman–Crippen MR) is 127 cm³/mol. The number of rotatable bonds is 8. The van der Waals surface area contributed by atoms with Crippen molar-refractivity contribution in [2.45, 2.75) is 31.7 Å². The van der Waals surface area contributed by atoms with Gasteiger partial charge in [-0.05, 0) is 34.7 Å². The van der Waals surface area contributed by atoms with Crippen LogP contribution >= 0.6 is 0 Å². The summed E-state index contributed by atoms with van der Waals surface area (Å²) in [5.41, 5.74) is 4.80. The Morgan fingerprint density at radius 3 is 2.29 bits per heavy atom. The highest BCUT2D eigenvalue weighted by Gasteiger charge is 2.29. The SMILES string of the molecule is CC[C@H](CC(=O)Nc1cncc(C(=O)O)c1)NC(=O)OCC1c2ccccc2-c2ccccc21. The second-order valence-corrected chi connectivity index (χ2v) is 8.09. The van der Waals surface area contributed by atoms with E-state index in [1.165, 1.54) is 18.5 Å². The number of amides is 2. The van der Waals surface area contributed by atoms with E-state index in [1.54, 1.807) is 0 Å². The molecule has 2 aromatic carbocycles. The topological polar surface area (TPSA) is 118 Å². The summed E-state index contributed by atoms with van der Waals surface area (Å²) in [4.78, 5) is 39.8. The van der Waals surface area contributed by atoms with E-state index in [9.17, 15) is 14.4 Å². The molecule has 8 nitrogen and oxygen atoms in total. The summed E-state index contributed by atoms with van der Waals surface area (Å²) >= 11 is 0. The van der Waals surface area contributed by atoms with Crippen LogP contribution in [0.5, 0.6) is 0 Å². The van der Waals surface area contributed by atoms with E-state index in [1.807, 2.05) is 31.2 Å². The Bertz CT molecular complexity index is 1180. The molecule has 0 aliphatic heterocycles. The fraction of sp³-hybridized carbons (Fsp3) is 0.231. The average Bonchev–Trinajstić information content (AvgIpc) is 3.16. The van der Waals surface area contributed by atoms with Crippen molar-refractivity contribution < 1.29 is 24.2 Å². The van der Waals surface area contributed by atoms with E-state index < -0.39 is 18.1 Å². The molecule has 0 fully saturated rings. The molecule has 1 aliphatic carbocycles. The summed E-state index contributed by atoms with van der Waals surface area (Å²) < 4.78 is 5.56. The standard InChI is InChI=1S/C26H25N3O5/c1-2-17(12-24(30)28-18-11-16(25(31)32)13-27-14-18)29-26(33)34-15-23-21-9-5-3-7-19(21)20-8-4-6-10-22(20)23/h3-11,13-14,17,23H,2,12,15H2,1H3,(H,28,30)(H,29,33)(H,31,32)/t17-/m1/s1. The number of aromatic carboxylic acids is 1. The van der Waals surface area contributed by atoms with Gasteiger partial charge in [0.15, 0.2) is 0 Å². The number of aromatic nitrogens is 1. The summed E-state index contributed by atoms with van der Waals surface area (Å²) in [7, 11) is 0. The van der Waals surface area contributed by atoms with Gasteiger partial charge in [0.1, 0.15) is 6.61 Å². The molecule has 0 radical (unpaired) electrons. The number of nitrogens with zero attached hydrogens (tertiary/aromatic N) is 1. The summed E-state index contributed by atoms with van der Waals surface area (Å²) in [6.07, 6.45) is 2.51. The molecule has 1 heterocycles. The number of hydrogen-bond donors (Lipinski definition) is 3. The fourth-order valence-electron chi connectivity index (χ4n) is 4.17. The lowest BCUT2D eigenvalue weighted by atomic mass is 9.98. The fourth-order valence-corrected chi connectivity index (χ4v) is 4.17. The Hall–Kier alpha value is -4.20. The molecule has 1 aliphatic rings. The molecule has 0 spiro atoms. The summed E-state index contributed by atoms with van der Waals surface area (Å²) in [6, 6.07) is 17.1. The molecular weight excluding hydrogens is 434 g/mol. The maximum Gasteiger partial charge on any atom is 0.407 e. The van der Waals surface area contributed by atoms with Gasteiger partial charge in [-0.3, -0.25) is 9.78 Å². The van der Waals surface area contributed by atoms with E-state index >= 15 is 0 Å². The number of carbonyl (C=O) groups is 3. The number of anilines is 1. The van der Waals surface area contributed by atoms with Crippen LogP contribution in [0, 0.1) is 0 Å². The van der Waals surface area contributed by atoms with Crippen LogP contribution < -0.4 is 10.6 Å². The molecule has 4 rings (SSSR count). The summed E-state index contributed by atoms with van der Waals surface area (Å²) in [5, 5.41) is 14.4. The molecule has 1 atom stereocenters. The Morgan fingerprint density at radius 2 is 1.68 bits per heavy atom. The summed E-state index contributed by atoms with van der Waals surface area (Å²) in [5.74, 6) is -1.54. The molecule has 3 aromatic rings. The van der Waals surface area contributed by atoms with Gasteiger partial charge in [0.25, 0.3) is 0 Å². The normalized spacial score (nSPS) is 12.9. The molecule has 0 bridgehead atoms. The van der Waals surface area contributed by atoms with E-state index in [0.29, 0.717) is 6.42 Å². The summed E-state index contributed by atoms with van der Waals surface area (Å²) in [6.45, 7) is 2.05. The highest BCUT2D eigenvalue weighted by atomic mass is 16.5. The van der Waals surface area contributed by atoms with Crippen molar-refractivity contribution in [1.29, 1.82) is 0 Å². The Kier molecular flexibility index (Phi) is 6.87. The first-order chi connectivity index (χ1) is 16.5. The lowest BCUT2D eigenvalue weighted by Crippen LogP contribution is -2.38. The Balaban J connectivity index is 1.33.